The molecule has 0 heterocycles. The Labute approximate surface area is 105 Å². The van der Waals surface area contributed by atoms with Gasteiger partial charge in [0.25, 0.3) is 0 Å². The molecule has 0 amide bonds. The molecule has 2 rings (SSSR count). The first-order chi connectivity index (χ1) is 8.22. The second-order valence-corrected chi connectivity index (χ2v) is 5.32. The van der Waals surface area contributed by atoms with Crippen molar-refractivity contribution < 1.29 is 0 Å². The first kappa shape index (κ1) is 12.6. The van der Waals surface area contributed by atoms with Gasteiger partial charge in [-0.25, -0.2) is 0 Å². The van der Waals surface area contributed by atoms with Gasteiger partial charge in [0.2, 0.25) is 0 Å². The zero-order valence-electron chi connectivity index (χ0n) is 10.9. The number of benzene rings is 1. The largest absolute Gasteiger partial charge is 0.325 e. The van der Waals surface area contributed by atoms with E-state index in [1.165, 1.54) is 24.8 Å². The lowest BCUT2D eigenvalue weighted by Crippen LogP contribution is -2.48. The van der Waals surface area contributed by atoms with Crippen LogP contribution in [0.5, 0.6) is 0 Å². The van der Waals surface area contributed by atoms with Crippen LogP contribution in [0.25, 0.3) is 0 Å². The second kappa shape index (κ2) is 5.65. The van der Waals surface area contributed by atoms with Crippen molar-refractivity contribution in [2.75, 3.05) is 13.1 Å². The fourth-order valence-electron chi connectivity index (χ4n) is 2.45. The third-order valence-corrected chi connectivity index (χ3v) is 3.97. The fourth-order valence-corrected chi connectivity index (χ4v) is 2.45. The average Bonchev–Trinajstić information content (AvgIpc) is 2.33. The van der Waals surface area contributed by atoms with E-state index in [9.17, 15) is 0 Å². The zero-order chi connectivity index (χ0) is 12.1. The Morgan fingerprint density at radius 1 is 1.24 bits per heavy atom. The molecule has 0 spiro atoms. The first-order valence-electron chi connectivity index (χ1n) is 6.77. The summed E-state index contributed by atoms with van der Waals surface area (Å²) in [5.74, 6) is 0. The van der Waals surface area contributed by atoms with Crippen LogP contribution in [0, 0.1) is 0 Å². The maximum atomic E-state index is 6.27. The van der Waals surface area contributed by atoms with Crippen LogP contribution in [-0.2, 0) is 6.54 Å². The summed E-state index contributed by atoms with van der Waals surface area (Å²) in [5.41, 5.74) is 7.83. The van der Waals surface area contributed by atoms with E-state index in [4.69, 9.17) is 5.73 Å². The average molecular weight is 232 g/mol. The lowest BCUT2D eigenvalue weighted by molar-refractivity contribution is 0.181. The molecule has 94 valence electrons. The molecule has 1 aliphatic carbocycles. The van der Waals surface area contributed by atoms with Crippen molar-refractivity contribution in [3.8, 4) is 0 Å². The third kappa shape index (κ3) is 3.55. The van der Waals surface area contributed by atoms with Crippen LogP contribution in [0.15, 0.2) is 30.3 Å². The Bertz CT molecular complexity index is 330. The summed E-state index contributed by atoms with van der Waals surface area (Å²) in [4.78, 5) is 2.49. The van der Waals surface area contributed by atoms with Gasteiger partial charge < -0.3 is 5.73 Å². The van der Waals surface area contributed by atoms with Gasteiger partial charge in [-0.2, -0.15) is 0 Å². The van der Waals surface area contributed by atoms with E-state index < -0.39 is 0 Å². The Morgan fingerprint density at radius 3 is 2.47 bits per heavy atom. The van der Waals surface area contributed by atoms with Gasteiger partial charge in [-0.05, 0) is 37.8 Å². The highest BCUT2D eigenvalue weighted by atomic mass is 15.1. The molecular formula is C15H24N2. The van der Waals surface area contributed by atoms with Crippen molar-refractivity contribution in [2.45, 2.75) is 44.7 Å². The van der Waals surface area contributed by atoms with E-state index >= 15 is 0 Å². The fraction of sp³-hybridized carbons (Fsp3) is 0.600. The molecule has 0 aliphatic heterocycles. The van der Waals surface area contributed by atoms with Crippen molar-refractivity contribution in [2.24, 2.45) is 5.73 Å². The molecule has 1 aromatic rings. The van der Waals surface area contributed by atoms with Crippen LogP contribution in [0.4, 0.5) is 0 Å². The van der Waals surface area contributed by atoms with Crippen molar-refractivity contribution >= 4 is 0 Å². The molecule has 0 unspecified atom stereocenters. The minimum atomic E-state index is 0.157. The van der Waals surface area contributed by atoms with Crippen LogP contribution < -0.4 is 5.73 Å². The Morgan fingerprint density at radius 2 is 1.94 bits per heavy atom. The molecule has 1 fully saturated rings. The van der Waals surface area contributed by atoms with E-state index in [0.717, 1.165) is 26.1 Å². The van der Waals surface area contributed by atoms with Gasteiger partial charge in [-0.15, -0.1) is 0 Å². The maximum absolute atomic E-state index is 6.27. The molecule has 1 saturated carbocycles. The zero-order valence-corrected chi connectivity index (χ0v) is 10.9. The first-order valence-corrected chi connectivity index (χ1v) is 6.77. The van der Waals surface area contributed by atoms with Crippen LogP contribution in [0.3, 0.4) is 0 Å². The molecule has 2 N–H and O–H groups in total. The molecule has 0 aromatic heterocycles. The van der Waals surface area contributed by atoms with Gasteiger partial charge in [0.15, 0.2) is 0 Å². The van der Waals surface area contributed by atoms with Gasteiger partial charge in [-0.1, -0.05) is 37.3 Å². The van der Waals surface area contributed by atoms with Crippen LogP contribution >= 0.6 is 0 Å². The van der Waals surface area contributed by atoms with Gasteiger partial charge in [0.05, 0.1) is 0 Å². The predicted octanol–water partition coefficient (Wildman–Crippen LogP) is 2.78. The van der Waals surface area contributed by atoms with E-state index in [0.29, 0.717) is 0 Å². The Balaban J connectivity index is 1.80. The molecule has 0 radical (unpaired) electrons. The maximum Gasteiger partial charge on any atom is 0.0233 e. The summed E-state index contributed by atoms with van der Waals surface area (Å²) in [7, 11) is 0. The standard InChI is InChI=1S/C15H24N2/c1-2-17(12-11-15(16)9-6-10-15)13-14-7-4-3-5-8-14/h3-5,7-8H,2,6,9-13,16H2,1H3. The number of rotatable bonds is 6. The van der Waals surface area contributed by atoms with Crippen molar-refractivity contribution in [1.82, 2.24) is 4.90 Å². The quantitative estimate of drug-likeness (QED) is 0.817. The van der Waals surface area contributed by atoms with E-state index in [2.05, 4.69) is 42.2 Å². The van der Waals surface area contributed by atoms with Gasteiger partial charge in [-0.3, -0.25) is 4.90 Å². The normalized spacial score (nSPS) is 18.1. The van der Waals surface area contributed by atoms with E-state index in [1.54, 1.807) is 0 Å². The minimum Gasteiger partial charge on any atom is -0.325 e. The summed E-state index contributed by atoms with van der Waals surface area (Å²) in [6, 6.07) is 10.7. The molecule has 0 saturated heterocycles. The summed E-state index contributed by atoms with van der Waals surface area (Å²) in [6.07, 6.45) is 4.90. The van der Waals surface area contributed by atoms with Crippen LogP contribution in [0.1, 0.15) is 38.2 Å². The molecule has 0 bridgehead atoms. The summed E-state index contributed by atoms with van der Waals surface area (Å²) >= 11 is 0. The van der Waals surface area contributed by atoms with Crippen LogP contribution in [0.2, 0.25) is 0 Å². The highest BCUT2D eigenvalue weighted by molar-refractivity contribution is 5.14. The van der Waals surface area contributed by atoms with E-state index in [-0.39, 0.29) is 5.54 Å². The third-order valence-electron chi connectivity index (χ3n) is 3.97. The molecular weight excluding hydrogens is 208 g/mol. The van der Waals surface area contributed by atoms with Gasteiger partial charge in [0.1, 0.15) is 0 Å². The number of hydrogen-bond donors (Lipinski definition) is 1. The Kier molecular flexibility index (Phi) is 4.19. The minimum absolute atomic E-state index is 0.157. The molecule has 17 heavy (non-hydrogen) atoms. The molecule has 1 aromatic carbocycles. The SMILES string of the molecule is CCN(CCC1(N)CCC1)Cc1ccccc1. The predicted molar refractivity (Wildman–Crippen MR) is 72.8 cm³/mol. The van der Waals surface area contributed by atoms with Crippen molar-refractivity contribution in [3.63, 3.8) is 0 Å². The second-order valence-electron chi connectivity index (χ2n) is 5.32. The topological polar surface area (TPSA) is 29.3 Å². The van der Waals surface area contributed by atoms with Gasteiger partial charge in [0, 0.05) is 18.6 Å². The van der Waals surface area contributed by atoms with Crippen LogP contribution in [-0.4, -0.2) is 23.5 Å². The summed E-state index contributed by atoms with van der Waals surface area (Å²) in [6.45, 7) is 5.51. The lowest BCUT2D eigenvalue weighted by atomic mass is 9.75. The van der Waals surface area contributed by atoms with Crippen molar-refractivity contribution in [3.05, 3.63) is 35.9 Å². The summed E-state index contributed by atoms with van der Waals surface area (Å²) < 4.78 is 0. The molecule has 2 nitrogen and oxygen atoms in total. The smallest absolute Gasteiger partial charge is 0.0233 e. The highest BCUT2D eigenvalue weighted by Gasteiger charge is 2.32. The lowest BCUT2D eigenvalue weighted by Gasteiger charge is -2.39. The molecule has 2 heteroatoms. The molecule has 1 aliphatic rings. The summed E-state index contributed by atoms with van der Waals surface area (Å²) in [5, 5.41) is 0. The highest BCUT2D eigenvalue weighted by Crippen LogP contribution is 2.32. The van der Waals surface area contributed by atoms with Crippen molar-refractivity contribution in [1.29, 1.82) is 0 Å². The number of nitrogens with zero attached hydrogens (tertiary/aromatic N) is 1. The Hall–Kier alpha value is -0.860. The monoisotopic (exact) mass is 232 g/mol. The number of nitrogens with two attached hydrogens (primary N) is 1. The number of hydrogen-bond acceptors (Lipinski definition) is 2. The van der Waals surface area contributed by atoms with E-state index in [1.807, 2.05) is 0 Å². The van der Waals surface area contributed by atoms with Gasteiger partial charge >= 0.3 is 0 Å². The molecule has 0 atom stereocenters.